The number of benzene rings is 1. The number of rotatable bonds is 2. The molecule has 0 aliphatic carbocycles. The normalized spacial score (nSPS) is 20.3. The van der Waals surface area contributed by atoms with Crippen molar-refractivity contribution in [3.63, 3.8) is 0 Å². The predicted octanol–water partition coefficient (Wildman–Crippen LogP) is 2.61. The number of hydrogen-bond acceptors (Lipinski definition) is 7. The Morgan fingerprint density at radius 3 is 3.00 bits per heavy atom. The minimum atomic E-state index is -0.513. The molecule has 1 atom stereocenters. The van der Waals surface area contributed by atoms with Gasteiger partial charge in [0.15, 0.2) is 5.65 Å². The summed E-state index contributed by atoms with van der Waals surface area (Å²) < 4.78 is 15.2. The van der Waals surface area contributed by atoms with Crippen molar-refractivity contribution in [3.8, 4) is 11.7 Å². The van der Waals surface area contributed by atoms with Gasteiger partial charge >= 0.3 is 0 Å². The van der Waals surface area contributed by atoms with Crippen LogP contribution in [0.2, 0.25) is 0 Å². The van der Waals surface area contributed by atoms with Gasteiger partial charge in [-0.15, -0.1) is 10.2 Å². The van der Waals surface area contributed by atoms with Gasteiger partial charge in [-0.25, -0.2) is 4.98 Å². The molecule has 5 aromatic rings. The number of nitrogens with zero attached hydrogens (tertiary/aromatic N) is 7. The highest BCUT2D eigenvalue weighted by Gasteiger charge is 2.37. The zero-order valence-corrected chi connectivity index (χ0v) is 14.5. The van der Waals surface area contributed by atoms with Crippen LogP contribution < -0.4 is 0 Å². The standard InChI is InChI=1S/C18H15N7O2/c1-18(7-4-8-26-18)17-20-16(27-23-17)15-22-21-14-11-5-2-3-6-12(11)24-10-19-9-13(24)25(14)15/h2-3,5-6,9-10H,4,7-8H2,1H3. The maximum absolute atomic E-state index is 5.82. The molecular formula is C18H15N7O2. The third kappa shape index (κ3) is 1.94. The molecule has 6 rings (SSSR count). The highest BCUT2D eigenvalue weighted by Crippen LogP contribution is 2.35. The van der Waals surface area contributed by atoms with E-state index < -0.39 is 5.60 Å². The minimum Gasteiger partial charge on any atom is -0.367 e. The molecular weight excluding hydrogens is 346 g/mol. The Morgan fingerprint density at radius 2 is 2.11 bits per heavy atom. The van der Waals surface area contributed by atoms with Gasteiger partial charge in [0.1, 0.15) is 17.6 Å². The van der Waals surface area contributed by atoms with Gasteiger partial charge < -0.3 is 9.26 Å². The Bertz CT molecular complexity index is 1310. The first kappa shape index (κ1) is 14.8. The van der Waals surface area contributed by atoms with Gasteiger partial charge in [-0.3, -0.25) is 8.80 Å². The van der Waals surface area contributed by atoms with Crippen LogP contribution >= 0.6 is 0 Å². The first-order valence-corrected chi connectivity index (χ1v) is 8.81. The molecule has 1 unspecified atom stereocenters. The van der Waals surface area contributed by atoms with Crippen LogP contribution in [0, 0.1) is 0 Å². The lowest BCUT2D eigenvalue weighted by atomic mass is 10.0. The first-order chi connectivity index (χ1) is 13.2. The van der Waals surface area contributed by atoms with Crippen LogP contribution in [-0.2, 0) is 10.3 Å². The van der Waals surface area contributed by atoms with E-state index in [0.29, 0.717) is 24.1 Å². The molecule has 0 saturated carbocycles. The fourth-order valence-electron chi connectivity index (χ4n) is 3.81. The Balaban J connectivity index is 1.63. The summed E-state index contributed by atoms with van der Waals surface area (Å²) in [4.78, 5) is 8.87. The molecule has 1 aromatic carbocycles. The van der Waals surface area contributed by atoms with Crippen molar-refractivity contribution < 1.29 is 9.26 Å². The van der Waals surface area contributed by atoms with E-state index in [-0.39, 0.29) is 0 Å². The first-order valence-electron chi connectivity index (χ1n) is 8.81. The van der Waals surface area contributed by atoms with Gasteiger partial charge in [-0.1, -0.05) is 17.3 Å². The number of ether oxygens (including phenoxy) is 1. The van der Waals surface area contributed by atoms with Crippen LogP contribution in [0.3, 0.4) is 0 Å². The average Bonchev–Trinajstić information content (AvgIpc) is 3.45. The van der Waals surface area contributed by atoms with E-state index >= 15 is 0 Å². The van der Waals surface area contributed by atoms with Gasteiger partial charge in [0.2, 0.25) is 11.6 Å². The molecule has 1 aliphatic heterocycles. The van der Waals surface area contributed by atoms with Crippen molar-refractivity contribution in [3.05, 3.63) is 42.6 Å². The van der Waals surface area contributed by atoms with E-state index in [1.165, 1.54) is 0 Å². The van der Waals surface area contributed by atoms with Crippen molar-refractivity contribution >= 4 is 22.2 Å². The van der Waals surface area contributed by atoms with Crippen LogP contribution in [-0.4, -0.2) is 40.7 Å². The summed E-state index contributed by atoms with van der Waals surface area (Å²) in [5.74, 6) is 1.34. The fraction of sp³-hybridized carbons (Fsp3) is 0.278. The van der Waals surface area contributed by atoms with E-state index in [1.807, 2.05) is 40.0 Å². The molecule has 9 nitrogen and oxygen atoms in total. The van der Waals surface area contributed by atoms with Crippen LogP contribution in [0.5, 0.6) is 0 Å². The topological polar surface area (TPSA) is 95.6 Å². The Hall–Kier alpha value is -3.33. The average molecular weight is 361 g/mol. The third-order valence-electron chi connectivity index (χ3n) is 5.22. The molecule has 1 fully saturated rings. The van der Waals surface area contributed by atoms with Gasteiger partial charge in [0.05, 0.1) is 11.7 Å². The highest BCUT2D eigenvalue weighted by molar-refractivity contribution is 5.94. The molecule has 9 heteroatoms. The number of aromatic nitrogens is 7. The summed E-state index contributed by atoms with van der Waals surface area (Å²) in [5.41, 5.74) is 2.04. The Morgan fingerprint density at radius 1 is 1.19 bits per heavy atom. The van der Waals surface area contributed by atoms with E-state index in [1.54, 1.807) is 12.5 Å². The fourth-order valence-corrected chi connectivity index (χ4v) is 3.81. The second kappa shape index (κ2) is 5.10. The summed E-state index contributed by atoms with van der Waals surface area (Å²) in [6.07, 6.45) is 5.39. The number of imidazole rings is 1. The Kier molecular flexibility index (Phi) is 2.80. The maximum Gasteiger partial charge on any atom is 0.296 e. The van der Waals surface area contributed by atoms with Gasteiger partial charge in [-0.2, -0.15) is 4.98 Å². The number of fused-ring (bicyclic) bond motifs is 6. The van der Waals surface area contributed by atoms with Crippen LogP contribution in [0.4, 0.5) is 0 Å². The lowest BCUT2D eigenvalue weighted by molar-refractivity contribution is 0.00768. The summed E-state index contributed by atoms with van der Waals surface area (Å²) in [6.45, 7) is 2.69. The van der Waals surface area contributed by atoms with E-state index in [0.717, 1.165) is 35.0 Å². The summed E-state index contributed by atoms with van der Waals surface area (Å²) in [5, 5.41) is 13.8. The molecule has 0 bridgehead atoms. The third-order valence-corrected chi connectivity index (χ3v) is 5.22. The molecule has 134 valence electrons. The molecule has 0 spiro atoms. The Labute approximate surface area is 152 Å². The molecule has 0 radical (unpaired) electrons. The van der Waals surface area contributed by atoms with E-state index in [9.17, 15) is 0 Å². The summed E-state index contributed by atoms with van der Waals surface area (Å²) in [6, 6.07) is 8.00. The molecule has 5 heterocycles. The number of para-hydroxylation sites is 1. The largest absolute Gasteiger partial charge is 0.367 e. The lowest BCUT2D eigenvalue weighted by Crippen LogP contribution is -2.21. The quantitative estimate of drug-likeness (QED) is 0.477. The van der Waals surface area contributed by atoms with E-state index in [4.69, 9.17) is 9.26 Å². The van der Waals surface area contributed by atoms with Crippen LogP contribution in [0.25, 0.3) is 33.9 Å². The van der Waals surface area contributed by atoms with Crippen molar-refractivity contribution in [2.45, 2.75) is 25.4 Å². The van der Waals surface area contributed by atoms with Gasteiger partial charge in [-0.05, 0) is 31.9 Å². The lowest BCUT2D eigenvalue weighted by Gasteiger charge is -2.17. The smallest absolute Gasteiger partial charge is 0.296 e. The minimum absolute atomic E-state index is 0.313. The maximum atomic E-state index is 5.82. The summed E-state index contributed by atoms with van der Waals surface area (Å²) >= 11 is 0. The second-order valence-corrected chi connectivity index (χ2v) is 6.93. The zero-order chi connectivity index (χ0) is 18.0. The molecule has 0 amide bonds. The SMILES string of the molecule is CC1(c2noc(-c3nnc4c5ccccc5n5cncc5n34)n2)CCCO1. The van der Waals surface area contributed by atoms with Crippen molar-refractivity contribution in [2.24, 2.45) is 0 Å². The molecule has 4 aromatic heterocycles. The summed E-state index contributed by atoms with van der Waals surface area (Å²) in [7, 11) is 0. The van der Waals surface area contributed by atoms with Crippen molar-refractivity contribution in [1.29, 1.82) is 0 Å². The second-order valence-electron chi connectivity index (χ2n) is 6.93. The van der Waals surface area contributed by atoms with Crippen molar-refractivity contribution in [1.82, 2.24) is 34.1 Å². The predicted molar refractivity (Wildman–Crippen MR) is 95.1 cm³/mol. The van der Waals surface area contributed by atoms with Crippen LogP contribution in [0.15, 0.2) is 41.3 Å². The zero-order valence-electron chi connectivity index (χ0n) is 14.5. The molecule has 27 heavy (non-hydrogen) atoms. The monoisotopic (exact) mass is 361 g/mol. The van der Waals surface area contributed by atoms with Gasteiger partial charge in [0.25, 0.3) is 5.89 Å². The van der Waals surface area contributed by atoms with Crippen molar-refractivity contribution in [2.75, 3.05) is 6.61 Å². The highest BCUT2D eigenvalue weighted by atomic mass is 16.5. The molecule has 1 aliphatic rings. The van der Waals surface area contributed by atoms with Crippen LogP contribution in [0.1, 0.15) is 25.6 Å². The van der Waals surface area contributed by atoms with E-state index in [2.05, 4.69) is 25.3 Å². The molecule has 0 N–H and O–H groups in total. The molecule has 1 saturated heterocycles. The number of hydrogen-bond donors (Lipinski definition) is 0. The van der Waals surface area contributed by atoms with Gasteiger partial charge in [0, 0.05) is 12.0 Å².